The van der Waals surface area contributed by atoms with Gasteiger partial charge in [-0.15, -0.1) is 12.4 Å². The lowest BCUT2D eigenvalue weighted by Crippen LogP contribution is -2.20. The van der Waals surface area contributed by atoms with Gasteiger partial charge in [-0.05, 0) is 23.8 Å². The van der Waals surface area contributed by atoms with E-state index in [1.807, 2.05) is 59.5 Å². The van der Waals surface area contributed by atoms with Crippen LogP contribution < -0.4 is 4.90 Å². The summed E-state index contributed by atoms with van der Waals surface area (Å²) < 4.78 is 0. The fourth-order valence-corrected chi connectivity index (χ4v) is 2.30. The molecule has 4 heteroatoms. The molecule has 0 radical (unpaired) electrons. The highest BCUT2D eigenvalue weighted by molar-refractivity contribution is 5.90. The third-order valence-corrected chi connectivity index (χ3v) is 3.23. The van der Waals surface area contributed by atoms with Crippen molar-refractivity contribution in [3.63, 3.8) is 0 Å². The number of benzene rings is 2. The summed E-state index contributed by atoms with van der Waals surface area (Å²) in [7, 11) is 0. The van der Waals surface area contributed by atoms with Crippen LogP contribution in [0.1, 0.15) is 5.56 Å². The van der Waals surface area contributed by atoms with Crippen LogP contribution >= 0.6 is 12.4 Å². The molecular weight excluding hydrogens is 274 g/mol. The fourth-order valence-electron chi connectivity index (χ4n) is 2.30. The van der Waals surface area contributed by atoms with Gasteiger partial charge in [-0.3, -0.25) is 0 Å². The number of fused-ring (bicyclic) bond motifs is 1. The van der Waals surface area contributed by atoms with E-state index >= 15 is 0 Å². The van der Waals surface area contributed by atoms with Gasteiger partial charge in [0.15, 0.2) is 0 Å². The number of nitrogens with zero attached hydrogens (tertiary/aromatic N) is 1. The number of hydrogen-bond acceptors (Lipinski definition) is 2. The maximum Gasteiger partial charge on any atom is 0.333 e. The van der Waals surface area contributed by atoms with Crippen LogP contribution in [0.4, 0.5) is 11.4 Å². The van der Waals surface area contributed by atoms with E-state index < -0.39 is 5.97 Å². The zero-order valence-corrected chi connectivity index (χ0v) is 11.5. The van der Waals surface area contributed by atoms with Crippen LogP contribution in [0.15, 0.2) is 66.4 Å². The number of carbonyl (C=O) groups is 1. The van der Waals surface area contributed by atoms with Crippen molar-refractivity contribution < 1.29 is 9.90 Å². The zero-order valence-electron chi connectivity index (χ0n) is 10.7. The van der Waals surface area contributed by atoms with E-state index in [2.05, 4.69) is 0 Å². The minimum absolute atomic E-state index is 0. The molecule has 20 heavy (non-hydrogen) atoms. The molecule has 3 rings (SSSR count). The van der Waals surface area contributed by atoms with Gasteiger partial charge < -0.3 is 10.0 Å². The molecule has 0 fully saturated rings. The van der Waals surface area contributed by atoms with Gasteiger partial charge in [-0.25, -0.2) is 4.79 Å². The summed E-state index contributed by atoms with van der Waals surface area (Å²) in [4.78, 5) is 13.2. The highest BCUT2D eigenvalue weighted by Crippen LogP contribution is 2.34. The highest BCUT2D eigenvalue weighted by atomic mass is 35.5. The number of halogens is 1. The highest BCUT2D eigenvalue weighted by Gasteiger charge is 2.21. The number of anilines is 2. The lowest BCUT2D eigenvalue weighted by molar-refractivity contribution is -0.132. The smallest absolute Gasteiger partial charge is 0.333 e. The van der Waals surface area contributed by atoms with Gasteiger partial charge in [0, 0.05) is 24.0 Å². The first-order valence-electron chi connectivity index (χ1n) is 6.12. The molecule has 3 nitrogen and oxygen atoms in total. The molecule has 2 aromatic carbocycles. The topological polar surface area (TPSA) is 40.5 Å². The van der Waals surface area contributed by atoms with Crippen molar-refractivity contribution in [1.82, 2.24) is 0 Å². The van der Waals surface area contributed by atoms with E-state index in [1.165, 1.54) is 0 Å². The molecule has 0 spiro atoms. The number of rotatable bonds is 2. The summed E-state index contributed by atoms with van der Waals surface area (Å²) >= 11 is 0. The standard InChI is InChI=1S/C16H13NO2.ClH/c18-16(19)13-10-12-6-4-5-9-15(12)17(11-13)14-7-2-1-3-8-14;/h1-9,11H,10H2,(H,18,19);1H. The first kappa shape index (κ1) is 14.2. The number of hydrogen-bond donors (Lipinski definition) is 1. The van der Waals surface area contributed by atoms with E-state index in [0.717, 1.165) is 16.9 Å². The second-order valence-corrected chi connectivity index (χ2v) is 4.47. The van der Waals surface area contributed by atoms with Crippen molar-refractivity contribution in [2.24, 2.45) is 0 Å². The van der Waals surface area contributed by atoms with Crippen LogP contribution in [-0.4, -0.2) is 11.1 Å². The Bertz CT molecular complexity index is 653. The van der Waals surface area contributed by atoms with Gasteiger partial charge in [-0.1, -0.05) is 36.4 Å². The molecule has 0 saturated carbocycles. The van der Waals surface area contributed by atoms with Crippen molar-refractivity contribution in [3.05, 3.63) is 71.9 Å². The third-order valence-electron chi connectivity index (χ3n) is 3.23. The molecule has 0 aromatic heterocycles. The van der Waals surface area contributed by atoms with Gasteiger partial charge in [0.2, 0.25) is 0 Å². The van der Waals surface area contributed by atoms with Crippen molar-refractivity contribution in [1.29, 1.82) is 0 Å². The van der Waals surface area contributed by atoms with Crippen molar-refractivity contribution in [2.75, 3.05) is 4.90 Å². The van der Waals surface area contributed by atoms with E-state index in [1.54, 1.807) is 6.20 Å². The minimum Gasteiger partial charge on any atom is -0.478 e. The second-order valence-electron chi connectivity index (χ2n) is 4.47. The first-order chi connectivity index (χ1) is 9.25. The van der Waals surface area contributed by atoms with Crippen LogP contribution in [0.3, 0.4) is 0 Å². The van der Waals surface area contributed by atoms with Crippen LogP contribution in [0.5, 0.6) is 0 Å². The predicted molar refractivity (Wildman–Crippen MR) is 81.7 cm³/mol. The maximum atomic E-state index is 11.2. The molecule has 0 bridgehead atoms. The average molecular weight is 288 g/mol. The number of carboxylic acid groups (broad SMARTS) is 1. The van der Waals surface area contributed by atoms with Gasteiger partial charge in [0.05, 0.1) is 5.57 Å². The quantitative estimate of drug-likeness (QED) is 0.914. The summed E-state index contributed by atoms with van der Waals surface area (Å²) in [6, 6.07) is 17.7. The molecule has 0 saturated heterocycles. The molecule has 102 valence electrons. The lowest BCUT2D eigenvalue weighted by Gasteiger charge is -2.28. The third kappa shape index (κ3) is 2.53. The number of carboxylic acids is 1. The van der Waals surface area contributed by atoms with Crippen molar-refractivity contribution in [2.45, 2.75) is 6.42 Å². The SMILES string of the molecule is Cl.O=C(O)C1=CN(c2ccccc2)c2ccccc2C1. The molecule has 2 aromatic rings. The lowest BCUT2D eigenvalue weighted by atomic mass is 9.99. The fraction of sp³-hybridized carbons (Fsp3) is 0.0625. The predicted octanol–water partition coefficient (Wildman–Crippen LogP) is 3.77. The second kappa shape index (κ2) is 5.80. The van der Waals surface area contributed by atoms with Crippen LogP contribution in [-0.2, 0) is 11.2 Å². The molecule has 1 aliphatic heterocycles. The van der Waals surface area contributed by atoms with Crippen LogP contribution in [0.2, 0.25) is 0 Å². The Kier molecular flexibility index (Phi) is 4.11. The minimum atomic E-state index is -0.865. The van der Waals surface area contributed by atoms with Gasteiger partial charge in [0.1, 0.15) is 0 Å². The Labute approximate surface area is 123 Å². The van der Waals surface area contributed by atoms with E-state index in [0.29, 0.717) is 12.0 Å². The van der Waals surface area contributed by atoms with Crippen molar-refractivity contribution in [3.8, 4) is 0 Å². The van der Waals surface area contributed by atoms with Crippen LogP contribution in [0, 0.1) is 0 Å². The summed E-state index contributed by atoms with van der Waals surface area (Å²) in [6.45, 7) is 0. The molecule has 1 aliphatic rings. The van der Waals surface area contributed by atoms with E-state index in [-0.39, 0.29) is 12.4 Å². The monoisotopic (exact) mass is 287 g/mol. The molecule has 1 N–H and O–H groups in total. The van der Waals surface area contributed by atoms with Crippen LogP contribution in [0.25, 0.3) is 0 Å². The Morgan fingerprint density at radius 3 is 2.35 bits per heavy atom. The maximum absolute atomic E-state index is 11.2. The molecule has 0 unspecified atom stereocenters. The summed E-state index contributed by atoms with van der Waals surface area (Å²) in [5.41, 5.74) is 3.45. The number of aliphatic carboxylic acids is 1. The van der Waals surface area contributed by atoms with E-state index in [9.17, 15) is 9.90 Å². The normalized spacial score (nSPS) is 13.0. The van der Waals surface area contributed by atoms with Gasteiger partial charge >= 0.3 is 5.97 Å². The zero-order chi connectivity index (χ0) is 13.2. The molecule has 0 atom stereocenters. The number of para-hydroxylation sites is 2. The Morgan fingerprint density at radius 1 is 1.00 bits per heavy atom. The largest absolute Gasteiger partial charge is 0.478 e. The summed E-state index contributed by atoms with van der Waals surface area (Å²) in [6.07, 6.45) is 2.18. The van der Waals surface area contributed by atoms with Gasteiger partial charge in [-0.2, -0.15) is 0 Å². The Morgan fingerprint density at radius 2 is 1.65 bits per heavy atom. The molecule has 0 aliphatic carbocycles. The Balaban J connectivity index is 0.00000147. The summed E-state index contributed by atoms with van der Waals surface area (Å²) in [5, 5.41) is 9.23. The summed E-state index contributed by atoms with van der Waals surface area (Å²) in [5.74, 6) is -0.865. The van der Waals surface area contributed by atoms with E-state index in [4.69, 9.17) is 0 Å². The average Bonchev–Trinajstić information content (AvgIpc) is 2.47. The molecular formula is C16H14ClNO2. The first-order valence-corrected chi connectivity index (χ1v) is 6.12. The molecule has 1 heterocycles. The van der Waals surface area contributed by atoms with Crippen molar-refractivity contribution >= 4 is 29.8 Å². The Hall–Kier alpha value is -2.26. The van der Waals surface area contributed by atoms with Gasteiger partial charge in [0.25, 0.3) is 0 Å². The molecule has 0 amide bonds.